The molecule has 4 fully saturated rings. The molecule has 2 atom stereocenters. The van der Waals surface area contributed by atoms with Gasteiger partial charge < -0.3 is 15.4 Å². The standard InChI is InChI=1S/C21H27ClFN3O4/c1-2-3-13-6-15(30-26-13)8-24-19(28)20-10-21(11-20,12-20)25-18(27)9-29-14-4-5-16(22)17(23)7-14/h4-5,7,13,15,26H,2-3,6,8-12H2,1H3,(H,24,28)(H,25,27). The average Bonchev–Trinajstić information content (AvgIpc) is 3.10. The Morgan fingerprint density at radius 1 is 1.37 bits per heavy atom. The summed E-state index contributed by atoms with van der Waals surface area (Å²) < 4.78 is 18.7. The summed E-state index contributed by atoms with van der Waals surface area (Å²) in [6.07, 6.45) is 4.96. The molecule has 3 N–H and O–H groups in total. The molecule has 1 saturated heterocycles. The van der Waals surface area contributed by atoms with Crippen molar-refractivity contribution in [3.05, 3.63) is 29.0 Å². The molecule has 1 aromatic carbocycles. The van der Waals surface area contributed by atoms with Gasteiger partial charge in [0.2, 0.25) is 5.91 Å². The van der Waals surface area contributed by atoms with Crippen molar-refractivity contribution >= 4 is 23.4 Å². The minimum absolute atomic E-state index is 0.000719. The molecule has 0 aromatic heterocycles. The van der Waals surface area contributed by atoms with Crippen LogP contribution in [0.5, 0.6) is 5.75 Å². The van der Waals surface area contributed by atoms with Gasteiger partial charge in [0, 0.05) is 24.2 Å². The van der Waals surface area contributed by atoms with E-state index in [1.54, 1.807) is 0 Å². The summed E-state index contributed by atoms with van der Waals surface area (Å²) in [5, 5.41) is 5.96. The third-order valence-electron chi connectivity index (χ3n) is 6.25. The van der Waals surface area contributed by atoms with Gasteiger partial charge in [-0.15, -0.1) is 0 Å². The molecule has 0 radical (unpaired) electrons. The molecule has 2 bridgehead atoms. The largest absolute Gasteiger partial charge is 0.484 e. The lowest BCUT2D eigenvalue weighted by molar-refractivity contribution is -0.184. The second-order valence-electron chi connectivity index (χ2n) is 8.79. The second kappa shape index (κ2) is 8.32. The first-order chi connectivity index (χ1) is 14.3. The van der Waals surface area contributed by atoms with E-state index in [0.717, 1.165) is 25.3 Å². The smallest absolute Gasteiger partial charge is 0.258 e. The Hall–Kier alpha value is -1.90. The molecule has 2 unspecified atom stereocenters. The first-order valence-corrected chi connectivity index (χ1v) is 10.8. The second-order valence-corrected chi connectivity index (χ2v) is 9.20. The van der Waals surface area contributed by atoms with E-state index in [4.69, 9.17) is 21.2 Å². The van der Waals surface area contributed by atoms with Crippen LogP contribution in [0.4, 0.5) is 4.39 Å². The molecule has 1 aliphatic heterocycles. The lowest BCUT2D eigenvalue weighted by atomic mass is 9.39. The molecular formula is C21H27ClFN3O4. The van der Waals surface area contributed by atoms with Gasteiger partial charge in [-0.3, -0.25) is 14.4 Å². The zero-order chi connectivity index (χ0) is 21.4. The predicted octanol–water partition coefficient (Wildman–Crippen LogP) is 2.48. The maximum Gasteiger partial charge on any atom is 0.258 e. The van der Waals surface area contributed by atoms with Crippen molar-refractivity contribution in [2.24, 2.45) is 5.41 Å². The van der Waals surface area contributed by atoms with Gasteiger partial charge in [-0.1, -0.05) is 24.9 Å². The van der Waals surface area contributed by atoms with Crippen molar-refractivity contribution in [2.45, 2.75) is 63.1 Å². The van der Waals surface area contributed by atoms with Crippen LogP contribution in [0.2, 0.25) is 5.02 Å². The van der Waals surface area contributed by atoms with Crippen molar-refractivity contribution in [3.63, 3.8) is 0 Å². The van der Waals surface area contributed by atoms with Crippen molar-refractivity contribution < 1.29 is 23.6 Å². The number of ether oxygens (including phenoxy) is 1. The zero-order valence-corrected chi connectivity index (χ0v) is 17.7. The Morgan fingerprint density at radius 2 is 2.13 bits per heavy atom. The monoisotopic (exact) mass is 439 g/mol. The van der Waals surface area contributed by atoms with E-state index < -0.39 is 5.82 Å². The van der Waals surface area contributed by atoms with Gasteiger partial charge in [-0.2, -0.15) is 5.48 Å². The van der Waals surface area contributed by atoms with Crippen LogP contribution in [0.3, 0.4) is 0 Å². The van der Waals surface area contributed by atoms with Gasteiger partial charge >= 0.3 is 0 Å². The molecule has 1 heterocycles. The fraction of sp³-hybridized carbons (Fsp3) is 0.619. The number of hydrogen-bond donors (Lipinski definition) is 3. The van der Waals surface area contributed by atoms with E-state index in [1.807, 2.05) is 0 Å². The molecule has 4 aliphatic rings. The maximum atomic E-state index is 13.4. The van der Waals surface area contributed by atoms with E-state index in [-0.39, 0.29) is 46.3 Å². The molecule has 2 amide bonds. The third kappa shape index (κ3) is 4.26. The lowest BCUT2D eigenvalue weighted by Crippen LogP contribution is -2.78. The van der Waals surface area contributed by atoms with Crippen LogP contribution in [0.1, 0.15) is 45.4 Å². The molecular weight excluding hydrogens is 413 g/mol. The Balaban J connectivity index is 1.16. The van der Waals surface area contributed by atoms with Crippen LogP contribution in [0.15, 0.2) is 18.2 Å². The Bertz CT molecular complexity index is 817. The van der Waals surface area contributed by atoms with Crippen LogP contribution in [0.25, 0.3) is 0 Å². The van der Waals surface area contributed by atoms with Crippen molar-refractivity contribution in [2.75, 3.05) is 13.2 Å². The van der Waals surface area contributed by atoms with Gasteiger partial charge in [-0.25, -0.2) is 4.39 Å². The maximum absolute atomic E-state index is 13.4. The van der Waals surface area contributed by atoms with Crippen LogP contribution in [-0.4, -0.2) is 42.7 Å². The summed E-state index contributed by atoms with van der Waals surface area (Å²) >= 11 is 5.63. The van der Waals surface area contributed by atoms with Gasteiger partial charge in [0.15, 0.2) is 6.61 Å². The first-order valence-electron chi connectivity index (χ1n) is 10.4. The molecule has 30 heavy (non-hydrogen) atoms. The van der Waals surface area contributed by atoms with E-state index in [2.05, 4.69) is 23.0 Å². The minimum atomic E-state index is -0.596. The fourth-order valence-electron chi connectivity index (χ4n) is 4.86. The van der Waals surface area contributed by atoms with Gasteiger partial charge in [0.05, 0.1) is 16.5 Å². The number of nitrogens with one attached hydrogen (secondary N) is 3. The summed E-state index contributed by atoms with van der Waals surface area (Å²) in [7, 11) is 0. The predicted molar refractivity (Wildman–Crippen MR) is 108 cm³/mol. The number of halogens is 2. The fourth-order valence-corrected chi connectivity index (χ4v) is 4.98. The molecule has 0 spiro atoms. The highest BCUT2D eigenvalue weighted by molar-refractivity contribution is 6.30. The normalized spacial score (nSPS) is 31.4. The number of benzene rings is 1. The Morgan fingerprint density at radius 3 is 2.83 bits per heavy atom. The van der Waals surface area contributed by atoms with E-state index in [0.29, 0.717) is 31.8 Å². The van der Waals surface area contributed by atoms with Crippen molar-refractivity contribution in [1.82, 2.24) is 16.1 Å². The molecule has 9 heteroatoms. The highest BCUT2D eigenvalue weighted by Crippen LogP contribution is 2.67. The molecule has 1 aromatic rings. The summed E-state index contributed by atoms with van der Waals surface area (Å²) in [5.41, 5.74) is 2.34. The Labute approximate surface area is 180 Å². The Kier molecular flexibility index (Phi) is 5.92. The quantitative estimate of drug-likeness (QED) is 0.550. The number of hydrogen-bond acceptors (Lipinski definition) is 5. The van der Waals surface area contributed by atoms with E-state index >= 15 is 0 Å². The molecule has 164 valence electrons. The van der Waals surface area contributed by atoms with E-state index in [1.165, 1.54) is 12.1 Å². The van der Waals surface area contributed by atoms with Crippen LogP contribution < -0.4 is 20.9 Å². The number of amides is 2. The van der Waals surface area contributed by atoms with Crippen LogP contribution in [-0.2, 0) is 14.4 Å². The first kappa shape index (κ1) is 21.3. The molecule has 3 saturated carbocycles. The topological polar surface area (TPSA) is 88.7 Å². The van der Waals surface area contributed by atoms with Gasteiger partial charge in [0.25, 0.3) is 5.91 Å². The van der Waals surface area contributed by atoms with E-state index in [9.17, 15) is 14.0 Å². The van der Waals surface area contributed by atoms with Crippen LogP contribution in [0, 0.1) is 11.2 Å². The lowest BCUT2D eigenvalue weighted by Gasteiger charge is -2.69. The molecule has 5 rings (SSSR count). The minimum Gasteiger partial charge on any atom is -0.484 e. The van der Waals surface area contributed by atoms with Gasteiger partial charge in [-0.05, 0) is 44.2 Å². The summed E-state index contributed by atoms with van der Waals surface area (Å²) in [6, 6.07) is 4.39. The SMILES string of the molecule is CCCC1CC(CNC(=O)C23CC(NC(=O)COc4ccc(Cl)c(F)c4)(C2)C3)ON1. The van der Waals surface area contributed by atoms with Crippen molar-refractivity contribution in [1.29, 1.82) is 0 Å². The summed E-state index contributed by atoms with van der Waals surface area (Å²) in [5.74, 6) is -0.604. The van der Waals surface area contributed by atoms with Crippen molar-refractivity contribution in [3.8, 4) is 5.75 Å². The molecule has 3 aliphatic carbocycles. The number of carbonyl (C=O) groups is 2. The highest BCUT2D eigenvalue weighted by Gasteiger charge is 2.72. The average molecular weight is 440 g/mol. The number of hydroxylamine groups is 1. The number of rotatable bonds is 9. The highest BCUT2D eigenvalue weighted by atomic mass is 35.5. The van der Waals surface area contributed by atoms with Crippen LogP contribution >= 0.6 is 11.6 Å². The third-order valence-corrected chi connectivity index (χ3v) is 6.56. The zero-order valence-electron chi connectivity index (χ0n) is 16.9. The summed E-state index contributed by atoms with van der Waals surface area (Å²) in [4.78, 5) is 30.3. The summed E-state index contributed by atoms with van der Waals surface area (Å²) in [6.45, 7) is 2.42. The molecule has 7 nitrogen and oxygen atoms in total. The van der Waals surface area contributed by atoms with Gasteiger partial charge in [0.1, 0.15) is 11.6 Å². The number of carbonyl (C=O) groups excluding carboxylic acids is 2.